The zero-order valence-corrected chi connectivity index (χ0v) is 9.71. The van der Waals surface area contributed by atoms with Crippen LogP contribution in [0.3, 0.4) is 0 Å². The van der Waals surface area contributed by atoms with Crippen molar-refractivity contribution < 1.29 is 15.0 Å². The maximum Gasteiger partial charge on any atom is 0.304 e. The quantitative estimate of drug-likeness (QED) is 0.854. The van der Waals surface area contributed by atoms with Gasteiger partial charge < -0.3 is 10.2 Å². The third-order valence-electron chi connectivity index (χ3n) is 3.19. The largest absolute Gasteiger partial charge is 0.508 e. The highest BCUT2D eigenvalue weighted by Gasteiger charge is 2.47. The Morgan fingerprint density at radius 1 is 1.50 bits per heavy atom. The Bertz CT molecular complexity index is 450. The number of hydrogen-bond acceptors (Lipinski definition) is 2. The van der Waals surface area contributed by atoms with Gasteiger partial charge in [0.1, 0.15) is 5.75 Å². The van der Waals surface area contributed by atoms with Gasteiger partial charge in [-0.3, -0.25) is 4.79 Å². The molecule has 0 bridgehead atoms. The minimum atomic E-state index is -0.839. The number of aliphatic carboxylic acids is 1. The molecule has 0 heterocycles. The molecule has 0 aromatic heterocycles. The fourth-order valence-corrected chi connectivity index (χ4v) is 2.24. The summed E-state index contributed by atoms with van der Waals surface area (Å²) in [4.78, 5) is 10.8. The number of benzene rings is 1. The first-order valence-corrected chi connectivity index (χ1v) is 5.54. The predicted octanol–water partition coefficient (Wildman–Crippen LogP) is 2.86. The molecule has 86 valence electrons. The van der Waals surface area contributed by atoms with E-state index in [1.807, 2.05) is 6.92 Å². The van der Waals surface area contributed by atoms with Crippen LogP contribution in [0.2, 0.25) is 5.02 Å². The first-order chi connectivity index (χ1) is 7.44. The number of phenols is 1. The summed E-state index contributed by atoms with van der Waals surface area (Å²) < 4.78 is 0. The van der Waals surface area contributed by atoms with E-state index in [4.69, 9.17) is 16.7 Å². The van der Waals surface area contributed by atoms with Crippen molar-refractivity contribution in [2.45, 2.75) is 31.6 Å². The molecule has 1 fully saturated rings. The van der Waals surface area contributed by atoms with Gasteiger partial charge in [0.2, 0.25) is 0 Å². The third-order valence-corrected chi connectivity index (χ3v) is 3.60. The number of phenolic OH excluding ortho intramolecular Hbond substituents is 1. The number of carboxylic acid groups (broad SMARTS) is 1. The molecule has 0 aliphatic heterocycles. The summed E-state index contributed by atoms with van der Waals surface area (Å²) in [7, 11) is 0. The van der Waals surface area contributed by atoms with Gasteiger partial charge in [-0.1, -0.05) is 11.6 Å². The highest BCUT2D eigenvalue weighted by atomic mass is 35.5. The van der Waals surface area contributed by atoms with Crippen molar-refractivity contribution in [1.29, 1.82) is 0 Å². The molecule has 0 atom stereocenters. The molecular weight excluding hydrogens is 228 g/mol. The molecule has 1 aliphatic carbocycles. The molecule has 1 saturated carbocycles. The fourth-order valence-electron chi connectivity index (χ4n) is 2.07. The topological polar surface area (TPSA) is 57.5 Å². The van der Waals surface area contributed by atoms with E-state index in [-0.39, 0.29) is 12.2 Å². The number of aromatic hydroxyl groups is 1. The molecule has 0 spiro atoms. The summed E-state index contributed by atoms with van der Waals surface area (Å²) in [6.07, 6.45) is 1.65. The van der Waals surface area contributed by atoms with Crippen LogP contribution in [0.1, 0.15) is 30.4 Å². The lowest BCUT2D eigenvalue weighted by atomic mass is 9.91. The molecule has 2 rings (SSSR count). The molecule has 4 heteroatoms. The van der Waals surface area contributed by atoms with E-state index < -0.39 is 11.4 Å². The van der Waals surface area contributed by atoms with Crippen molar-refractivity contribution in [3.63, 3.8) is 0 Å². The van der Waals surface area contributed by atoms with Gasteiger partial charge in [0, 0.05) is 16.0 Å². The molecular formula is C12H13ClO3. The lowest BCUT2D eigenvalue weighted by Crippen LogP contribution is -2.13. The maximum absolute atomic E-state index is 10.8. The van der Waals surface area contributed by atoms with Crippen molar-refractivity contribution in [3.05, 3.63) is 28.3 Å². The standard InChI is InChI=1S/C12H13ClO3/c1-7-4-10(14)8(5-9(7)13)12(2-3-12)6-11(15)16/h4-5,14H,2-3,6H2,1H3,(H,15,16). The van der Waals surface area contributed by atoms with Crippen LogP contribution >= 0.6 is 11.6 Å². The Balaban J connectivity index is 2.41. The highest BCUT2D eigenvalue weighted by Crippen LogP contribution is 2.54. The van der Waals surface area contributed by atoms with Gasteiger partial charge in [-0.15, -0.1) is 0 Å². The number of hydrogen-bond donors (Lipinski definition) is 2. The van der Waals surface area contributed by atoms with E-state index in [0.29, 0.717) is 10.6 Å². The van der Waals surface area contributed by atoms with E-state index in [1.54, 1.807) is 12.1 Å². The van der Waals surface area contributed by atoms with Gasteiger partial charge in [-0.25, -0.2) is 0 Å². The van der Waals surface area contributed by atoms with Gasteiger partial charge in [-0.05, 0) is 37.5 Å². The molecule has 16 heavy (non-hydrogen) atoms. The molecule has 0 amide bonds. The number of halogens is 1. The molecule has 0 unspecified atom stereocenters. The summed E-state index contributed by atoms with van der Waals surface area (Å²) in [5.74, 6) is -0.686. The Kier molecular flexibility index (Phi) is 2.58. The smallest absolute Gasteiger partial charge is 0.304 e. The SMILES string of the molecule is Cc1cc(O)c(C2(CC(=O)O)CC2)cc1Cl. The van der Waals surface area contributed by atoms with Crippen LogP contribution in [0.15, 0.2) is 12.1 Å². The predicted molar refractivity (Wildman–Crippen MR) is 61.0 cm³/mol. The van der Waals surface area contributed by atoms with Crippen molar-refractivity contribution in [1.82, 2.24) is 0 Å². The number of carboxylic acids is 1. The average molecular weight is 241 g/mol. The maximum atomic E-state index is 10.8. The summed E-state index contributed by atoms with van der Waals surface area (Å²) in [6.45, 7) is 1.81. The second-order valence-electron chi connectivity index (χ2n) is 4.47. The first-order valence-electron chi connectivity index (χ1n) is 5.16. The number of carbonyl (C=O) groups is 1. The Morgan fingerprint density at radius 2 is 2.12 bits per heavy atom. The average Bonchev–Trinajstić information content (AvgIpc) is 2.91. The van der Waals surface area contributed by atoms with Crippen molar-refractivity contribution >= 4 is 17.6 Å². The fraction of sp³-hybridized carbons (Fsp3) is 0.417. The first kappa shape index (κ1) is 11.3. The zero-order chi connectivity index (χ0) is 11.9. The van der Waals surface area contributed by atoms with Crippen LogP contribution < -0.4 is 0 Å². The molecule has 1 aromatic rings. The van der Waals surface area contributed by atoms with Gasteiger partial charge in [0.05, 0.1) is 6.42 Å². The second-order valence-corrected chi connectivity index (χ2v) is 4.88. The Morgan fingerprint density at radius 3 is 2.62 bits per heavy atom. The number of rotatable bonds is 3. The van der Waals surface area contributed by atoms with Gasteiger partial charge in [0.15, 0.2) is 0 Å². The molecule has 1 aromatic carbocycles. The van der Waals surface area contributed by atoms with Crippen LogP contribution in [0, 0.1) is 6.92 Å². The lowest BCUT2D eigenvalue weighted by Gasteiger charge is -2.16. The second kappa shape index (κ2) is 3.67. The summed E-state index contributed by atoms with van der Waals surface area (Å²) >= 11 is 6.00. The van der Waals surface area contributed by atoms with E-state index in [0.717, 1.165) is 18.4 Å². The Labute approximate surface area is 98.7 Å². The van der Waals surface area contributed by atoms with Crippen molar-refractivity contribution in [2.75, 3.05) is 0 Å². The van der Waals surface area contributed by atoms with Crippen LogP contribution in [0.5, 0.6) is 5.75 Å². The molecule has 0 radical (unpaired) electrons. The van der Waals surface area contributed by atoms with E-state index in [1.165, 1.54) is 0 Å². The summed E-state index contributed by atoms with van der Waals surface area (Å²) in [5.41, 5.74) is 1.08. The van der Waals surface area contributed by atoms with Crippen LogP contribution in [0.4, 0.5) is 0 Å². The minimum Gasteiger partial charge on any atom is -0.508 e. The minimum absolute atomic E-state index is 0.0555. The molecule has 3 nitrogen and oxygen atoms in total. The number of aryl methyl sites for hydroxylation is 1. The van der Waals surface area contributed by atoms with Crippen LogP contribution in [-0.2, 0) is 10.2 Å². The summed E-state index contributed by atoms with van der Waals surface area (Å²) in [5, 5.41) is 19.3. The van der Waals surface area contributed by atoms with Gasteiger partial charge >= 0.3 is 5.97 Å². The van der Waals surface area contributed by atoms with Crippen LogP contribution in [0.25, 0.3) is 0 Å². The van der Waals surface area contributed by atoms with Crippen LogP contribution in [-0.4, -0.2) is 16.2 Å². The normalized spacial score (nSPS) is 17.1. The highest BCUT2D eigenvalue weighted by molar-refractivity contribution is 6.31. The summed E-state index contributed by atoms with van der Waals surface area (Å²) in [6, 6.07) is 3.29. The monoisotopic (exact) mass is 240 g/mol. The van der Waals surface area contributed by atoms with Crippen molar-refractivity contribution in [3.8, 4) is 5.75 Å². The molecule has 0 saturated heterocycles. The lowest BCUT2D eigenvalue weighted by molar-refractivity contribution is -0.137. The third kappa shape index (κ3) is 1.87. The zero-order valence-electron chi connectivity index (χ0n) is 8.96. The van der Waals surface area contributed by atoms with E-state index in [2.05, 4.69) is 0 Å². The van der Waals surface area contributed by atoms with E-state index >= 15 is 0 Å². The van der Waals surface area contributed by atoms with Gasteiger partial charge in [-0.2, -0.15) is 0 Å². The van der Waals surface area contributed by atoms with E-state index in [9.17, 15) is 9.90 Å². The molecule has 1 aliphatic rings. The van der Waals surface area contributed by atoms with Crippen molar-refractivity contribution in [2.24, 2.45) is 0 Å². The van der Waals surface area contributed by atoms with Gasteiger partial charge in [0.25, 0.3) is 0 Å². The molecule has 2 N–H and O–H groups in total. The Hall–Kier alpha value is -1.22.